The summed E-state index contributed by atoms with van der Waals surface area (Å²) >= 11 is 0. The molecule has 0 atom stereocenters. The van der Waals surface area contributed by atoms with Gasteiger partial charge in [-0.25, -0.2) is 4.52 Å². The van der Waals surface area contributed by atoms with E-state index in [9.17, 15) is 9.90 Å². The predicted molar refractivity (Wildman–Crippen MR) is 73.8 cm³/mol. The van der Waals surface area contributed by atoms with E-state index < -0.39 is 0 Å². The van der Waals surface area contributed by atoms with E-state index in [0.717, 1.165) is 0 Å². The van der Waals surface area contributed by atoms with E-state index in [0.29, 0.717) is 16.8 Å². The van der Waals surface area contributed by atoms with Crippen LogP contribution < -0.4 is 4.90 Å². The van der Waals surface area contributed by atoms with Crippen molar-refractivity contribution in [1.82, 2.24) is 14.6 Å². The van der Waals surface area contributed by atoms with Crippen molar-refractivity contribution in [3.05, 3.63) is 54.6 Å². The second-order valence-electron chi connectivity index (χ2n) is 4.34. The minimum Gasteiger partial charge on any atom is -0.508 e. The van der Waals surface area contributed by atoms with Crippen LogP contribution in [0.1, 0.15) is 10.4 Å². The standard InChI is InChI=1S/C14H12N4O2/c1-17(10-2-4-11(19)5-3-10)14(20)12-8-16-18-7-6-15-9-13(12)18/h2-9,19H,1H3. The molecule has 6 heteroatoms. The first-order valence-electron chi connectivity index (χ1n) is 6.01. The third-order valence-corrected chi connectivity index (χ3v) is 3.10. The van der Waals surface area contributed by atoms with Crippen molar-refractivity contribution in [2.24, 2.45) is 0 Å². The number of carbonyl (C=O) groups is 1. The van der Waals surface area contributed by atoms with Gasteiger partial charge in [-0.3, -0.25) is 9.78 Å². The Labute approximate surface area is 114 Å². The largest absolute Gasteiger partial charge is 0.508 e. The van der Waals surface area contributed by atoms with Crippen LogP contribution in [0, 0.1) is 0 Å². The monoisotopic (exact) mass is 268 g/mol. The third-order valence-electron chi connectivity index (χ3n) is 3.10. The molecule has 0 spiro atoms. The van der Waals surface area contributed by atoms with Crippen LogP contribution in [-0.2, 0) is 0 Å². The van der Waals surface area contributed by atoms with E-state index in [-0.39, 0.29) is 11.7 Å². The van der Waals surface area contributed by atoms with Gasteiger partial charge in [-0.1, -0.05) is 0 Å². The van der Waals surface area contributed by atoms with Gasteiger partial charge in [0.25, 0.3) is 5.91 Å². The predicted octanol–water partition coefficient (Wildman–Crippen LogP) is 1.71. The zero-order valence-electron chi connectivity index (χ0n) is 10.8. The molecule has 0 radical (unpaired) electrons. The molecule has 6 nitrogen and oxygen atoms in total. The van der Waals surface area contributed by atoms with Gasteiger partial charge in [-0.2, -0.15) is 5.10 Å². The molecule has 20 heavy (non-hydrogen) atoms. The zero-order valence-corrected chi connectivity index (χ0v) is 10.8. The van der Waals surface area contributed by atoms with Crippen molar-refractivity contribution in [3.8, 4) is 5.75 Å². The number of aromatic hydroxyl groups is 1. The molecule has 1 amide bonds. The number of benzene rings is 1. The maximum Gasteiger partial charge on any atom is 0.261 e. The molecular formula is C14H12N4O2. The lowest BCUT2D eigenvalue weighted by molar-refractivity contribution is 0.0994. The molecule has 0 fully saturated rings. The molecule has 0 saturated heterocycles. The van der Waals surface area contributed by atoms with E-state index in [1.807, 2.05) is 0 Å². The molecule has 100 valence electrons. The lowest BCUT2D eigenvalue weighted by Crippen LogP contribution is -2.26. The minimum atomic E-state index is -0.182. The van der Waals surface area contributed by atoms with Gasteiger partial charge in [0.1, 0.15) is 5.75 Å². The van der Waals surface area contributed by atoms with Gasteiger partial charge in [0.05, 0.1) is 23.5 Å². The van der Waals surface area contributed by atoms with Crippen LogP contribution in [0.4, 0.5) is 5.69 Å². The van der Waals surface area contributed by atoms with Crippen LogP contribution in [0.25, 0.3) is 5.52 Å². The molecule has 0 unspecified atom stereocenters. The molecular weight excluding hydrogens is 256 g/mol. The average Bonchev–Trinajstić information content (AvgIpc) is 2.90. The van der Waals surface area contributed by atoms with Crippen LogP contribution in [0.3, 0.4) is 0 Å². The SMILES string of the molecule is CN(C(=O)c1cnn2ccncc12)c1ccc(O)cc1. The van der Waals surface area contributed by atoms with Gasteiger partial charge in [-0.15, -0.1) is 0 Å². The number of anilines is 1. The summed E-state index contributed by atoms with van der Waals surface area (Å²) in [7, 11) is 1.68. The molecule has 3 rings (SSSR count). The van der Waals surface area contributed by atoms with Crippen molar-refractivity contribution in [3.63, 3.8) is 0 Å². The Morgan fingerprint density at radius 1 is 1.25 bits per heavy atom. The van der Waals surface area contributed by atoms with E-state index in [1.54, 1.807) is 42.3 Å². The number of amides is 1. The van der Waals surface area contributed by atoms with E-state index in [2.05, 4.69) is 10.1 Å². The minimum absolute atomic E-state index is 0.162. The van der Waals surface area contributed by atoms with Gasteiger partial charge < -0.3 is 10.0 Å². The Balaban J connectivity index is 1.97. The summed E-state index contributed by atoms with van der Waals surface area (Å²) < 4.78 is 1.60. The molecule has 2 aromatic heterocycles. The fourth-order valence-electron chi connectivity index (χ4n) is 1.97. The molecule has 0 aliphatic heterocycles. The topological polar surface area (TPSA) is 70.7 Å². The number of hydrogen-bond donors (Lipinski definition) is 1. The molecule has 1 N–H and O–H groups in total. The quantitative estimate of drug-likeness (QED) is 0.768. The first-order valence-corrected chi connectivity index (χ1v) is 6.01. The fourth-order valence-corrected chi connectivity index (χ4v) is 1.97. The Kier molecular flexibility index (Phi) is 2.83. The highest BCUT2D eigenvalue weighted by Gasteiger charge is 2.18. The fraction of sp³-hybridized carbons (Fsp3) is 0.0714. The molecule has 0 saturated carbocycles. The van der Waals surface area contributed by atoms with Gasteiger partial charge in [0.15, 0.2) is 0 Å². The van der Waals surface area contributed by atoms with Crippen molar-refractivity contribution in [2.45, 2.75) is 0 Å². The number of nitrogens with zero attached hydrogens (tertiary/aromatic N) is 4. The normalized spacial score (nSPS) is 10.7. The summed E-state index contributed by atoms with van der Waals surface area (Å²) in [4.78, 5) is 18.0. The first kappa shape index (κ1) is 12.2. The summed E-state index contributed by atoms with van der Waals surface area (Å²) in [5.74, 6) is -0.0199. The van der Waals surface area contributed by atoms with Crippen molar-refractivity contribution >= 4 is 17.1 Å². The molecule has 0 aliphatic carbocycles. The second kappa shape index (κ2) is 4.65. The van der Waals surface area contributed by atoms with Crippen molar-refractivity contribution in [2.75, 3.05) is 11.9 Å². The van der Waals surface area contributed by atoms with Crippen LogP contribution >= 0.6 is 0 Å². The summed E-state index contributed by atoms with van der Waals surface area (Å²) in [6.07, 6.45) is 6.42. The van der Waals surface area contributed by atoms with Crippen LogP contribution in [0.2, 0.25) is 0 Å². The van der Waals surface area contributed by atoms with E-state index in [1.165, 1.54) is 23.2 Å². The zero-order chi connectivity index (χ0) is 14.1. The second-order valence-corrected chi connectivity index (χ2v) is 4.34. The van der Waals surface area contributed by atoms with Crippen LogP contribution in [-0.4, -0.2) is 32.7 Å². The van der Waals surface area contributed by atoms with E-state index in [4.69, 9.17) is 0 Å². The molecule has 3 aromatic rings. The number of rotatable bonds is 2. The Morgan fingerprint density at radius 2 is 2.00 bits per heavy atom. The third kappa shape index (κ3) is 1.97. The van der Waals surface area contributed by atoms with Gasteiger partial charge >= 0.3 is 0 Å². The highest BCUT2D eigenvalue weighted by molar-refractivity contribution is 6.09. The summed E-state index contributed by atoms with van der Waals surface area (Å²) in [5, 5.41) is 13.4. The van der Waals surface area contributed by atoms with Crippen molar-refractivity contribution in [1.29, 1.82) is 0 Å². The van der Waals surface area contributed by atoms with E-state index >= 15 is 0 Å². The number of aromatic nitrogens is 3. The lowest BCUT2D eigenvalue weighted by Gasteiger charge is -2.16. The number of fused-ring (bicyclic) bond motifs is 1. The van der Waals surface area contributed by atoms with Crippen molar-refractivity contribution < 1.29 is 9.90 Å². The Bertz CT molecular complexity index is 764. The first-order chi connectivity index (χ1) is 9.66. The summed E-state index contributed by atoms with van der Waals surface area (Å²) in [5.41, 5.74) is 1.83. The number of phenols is 1. The smallest absolute Gasteiger partial charge is 0.261 e. The Morgan fingerprint density at radius 3 is 2.75 bits per heavy atom. The molecule has 0 aliphatic rings. The molecule has 0 bridgehead atoms. The Hall–Kier alpha value is -2.89. The molecule has 1 aromatic carbocycles. The van der Waals surface area contributed by atoms with Crippen LogP contribution in [0.5, 0.6) is 5.75 Å². The lowest BCUT2D eigenvalue weighted by atomic mass is 10.2. The highest BCUT2D eigenvalue weighted by atomic mass is 16.3. The molecule has 2 heterocycles. The number of hydrogen-bond acceptors (Lipinski definition) is 4. The summed E-state index contributed by atoms with van der Waals surface area (Å²) in [6.45, 7) is 0. The maximum atomic E-state index is 12.5. The number of carbonyl (C=O) groups excluding carboxylic acids is 1. The van der Waals surface area contributed by atoms with Gasteiger partial charge in [0, 0.05) is 25.1 Å². The maximum absolute atomic E-state index is 12.5. The summed E-state index contributed by atoms with van der Waals surface area (Å²) in [6, 6.07) is 6.43. The van der Waals surface area contributed by atoms with Gasteiger partial charge in [0.2, 0.25) is 0 Å². The average molecular weight is 268 g/mol. The van der Waals surface area contributed by atoms with Gasteiger partial charge in [-0.05, 0) is 24.3 Å². The number of phenolic OH excluding ortho intramolecular Hbond substituents is 1. The highest BCUT2D eigenvalue weighted by Crippen LogP contribution is 2.20. The van der Waals surface area contributed by atoms with Crippen LogP contribution in [0.15, 0.2) is 49.1 Å².